The van der Waals surface area contributed by atoms with Crippen molar-refractivity contribution in [2.45, 2.75) is 98.0 Å². The fraction of sp³-hybridized carbons (Fsp3) is 1.00. The molecule has 0 N–H and O–H groups in total. The molecule has 0 aliphatic heterocycles. The fourth-order valence-electron chi connectivity index (χ4n) is 2.69. The highest BCUT2D eigenvalue weighted by Gasteiger charge is 2.15. The minimum Gasteiger partial charge on any atom is -0.378 e. The Morgan fingerprint density at radius 1 is 0.722 bits per heavy atom. The smallest absolute Gasteiger partial charge is 0.0600 e. The summed E-state index contributed by atoms with van der Waals surface area (Å²) in [6.07, 6.45) is 14.1. The molecule has 110 valence electrons. The number of hydrogen-bond acceptors (Lipinski definition) is 1. The van der Waals surface area contributed by atoms with Gasteiger partial charge in [-0.15, -0.1) is 0 Å². The second kappa shape index (κ2) is 13.4. The van der Waals surface area contributed by atoms with Crippen LogP contribution in [-0.2, 0) is 4.74 Å². The molecule has 0 aliphatic rings. The van der Waals surface area contributed by atoms with Crippen molar-refractivity contribution in [2.24, 2.45) is 5.92 Å². The van der Waals surface area contributed by atoms with Crippen molar-refractivity contribution in [1.29, 1.82) is 0 Å². The first-order valence-electron chi connectivity index (χ1n) is 8.37. The van der Waals surface area contributed by atoms with Crippen molar-refractivity contribution >= 4 is 0 Å². The third-order valence-electron chi connectivity index (χ3n) is 3.85. The number of ether oxygens (including phenoxy) is 1. The van der Waals surface area contributed by atoms with Gasteiger partial charge < -0.3 is 4.74 Å². The Hall–Kier alpha value is -0.0400. The third-order valence-corrected chi connectivity index (χ3v) is 3.85. The Morgan fingerprint density at radius 2 is 1.33 bits per heavy atom. The van der Waals surface area contributed by atoms with Gasteiger partial charge in [0.05, 0.1) is 6.10 Å². The molecule has 0 aromatic heterocycles. The summed E-state index contributed by atoms with van der Waals surface area (Å²) in [4.78, 5) is 0. The molecule has 18 heavy (non-hydrogen) atoms. The molecule has 2 atom stereocenters. The standard InChI is InChI=1S/C17H36O/c1-5-8-9-10-11-12-13-15-17(18-7-3)16(4)14-6-2/h16-17H,5-15H2,1-4H3. The van der Waals surface area contributed by atoms with Crippen molar-refractivity contribution in [2.75, 3.05) is 6.61 Å². The lowest BCUT2D eigenvalue weighted by Crippen LogP contribution is -2.22. The van der Waals surface area contributed by atoms with E-state index in [-0.39, 0.29) is 0 Å². The number of hydrogen-bond donors (Lipinski definition) is 0. The van der Waals surface area contributed by atoms with Gasteiger partial charge in [-0.2, -0.15) is 0 Å². The van der Waals surface area contributed by atoms with Crippen molar-refractivity contribution in [3.63, 3.8) is 0 Å². The fourth-order valence-corrected chi connectivity index (χ4v) is 2.69. The Balaban J connectivity index is 3.57. The maximum Gasteiger partial charge on any atom is 0.0600 e. The van der Waals surface area contributed by atoms with Crippen molar-refractivity contribution < 1.29 is 4.74 Å². The van der Waals surface area contributed by atoms with Gasteiger partial charge in [-0.25, -0.2) is 0 Å². The largest absolute Gasteiger partial charge is 0.378 e. The quantitative estimate of drug-likeness (QED) is 0.369. The van der Waals surface area contributed by atoms with E-state index in [0.717, 1.165) is 12.5 Å². The van der Waals surface area contributed by atoms with Crippen LogP contribution in [0.4, 0.5) is 0 Å². The summed E-state index contributed by atoms with van der Waals surface area (Å²) in [7, 11) is 0. The molecule has 0 fully saturated rings. The summed E-state index contributed by atoms with van der Waals surface area (Å²) >= 11 is 0. The molecule has 0 saturated heterocycles. The molecule has 0 spiro atoms. The molecule has 2 unspecified atom stereocenters. The average molecular weight is 256 g/mol. The topological polar surface area (TPSA) is 9.23 Å². The van der Waals surface area contributed by atoms with E-state index in [1.54, 1.807) is 0 Å². The first kappa shape index (κ1) is 18.0. The summed E-state index contributed by atoms with van der Waals surface area (Å²) in [6.45, 7) is 9.89. The third kappa shape index (κ3) is 9.94. The zero-order valence-corrected chi connectivity index (χ0v) is 13.3. The highest BCUT2D eigenvalue weighted by Crippen LogP contribution is 2.20. The molecule has 0 aromatic rings. The van der Waals surface area contributed by atoms with Crippen LogP contribution < -0.4 is 0 Å². The molecule has 0 aliphatic carbocycles. The monoisotopic (exact) mass is 256 g/mol. The second-order valence-corrected chi connectivity index (χ2v) is 5.67. The van der Waals surface area contributed by atoms with Crippen LogP contribution in [-0.4, -0.2) is 12.7 Å². The lowest BCUT2D eigenvalue weighted by Gasteiger charge is -2.23. The van der Waals surface area contributed by atoms with E-state index in [1.807, 2.05) is 0 Å². The van der Waals surface area contributed by atoms with Gasteiger partial charge in [-0.3, -0.25) is 0 Å². The normalized spacial score (nSPS) is 14.7. The van der Waals surface area contributed by atoms with Crippen LogP contribution in [0.15, 0.2) is 0 Å². The van der Waals surface area contributed by atoms with Crippen molar-refractivity contribution in [3.8, 4) is 0 Å². The Kier molecular flexibility index (Phi) is 13.4. The summed E-state index contributed by atoms with van der Waals surface area (Å²) in [5.74, 6) is 0.732. The molecule has 0 radical (unpaired) electrons. The predicted octanol–water partition coefficient (Wildman–Crippen LogP) is 5.97. The summed E-state index contributed by atoms with van der Waals surface area (Å²) < 4.78 is 5.90. The van der Waals surface area contributed by atoms with Gasteiger partial charge in [0.1, 0.15) is 0 Å². The summed E-state index contributed by atoms with van der Waals surface area (Å²) in [5.41, 5.74) is 0. The maximum absolute atomic E-state index is 5.90. The molecule has 0 aromatic carbocycles. The molecule has 0 rings (SSSR count). The molecular formula is C17H36O. The van der Waals surface area contributed by atoms with Gasteiger partial charge >= 0.3 is 0 Å². The number of rotatable bonds is 13. The Morgan fingerprint density at radius 3 is 1.89 bits per heavy atom. The van der Waals surface area contributed by atoms with Gasteiger partial charge in [0.25, 0.3) is 0 Å². The van der Waals surface area contributed by atoms with E-state index in [1.165, 1.54) is 64.2 Å². The van der Waals surface area contributed by atoms with Crippen LogP contribution in [0.3, 0.4) is 0 Å². The minimum atomic E-state index is 0.505. The van der Waals surface area contributed by atoms with E-state index in [0.29, 0.717) is 6.10 Å². The van der Waals surface area contributed by atoms with Gasteiger partial charge in [0, 0.05) is 6.61 Å². The minimum absolute atomic E-state index is 0.505. The van der Waals surface area contributed by atoms with E-state index in [4.69, 9.17) is 4.74 Å². The highest BCUT2D eigenvalue weighted by atomic mass is 16.5. The molecule has 0 amide bonds. The van der Waals surface area contributed by atoms with Gasteiger partial charge in [0.15, 0.2) is 0 Å². The van der Waals surface area contributed by atoms with Gasteiger partial charge in [-0.1, -0.05) is 72.1 Å². The van der Waals surface area contributed by atoms with Gasteiger partial charge in [0.2, 0.25) is 0 Å². The molecule has 0 heterocycles. The van der Waals surface area contributed by atoms with Crippen LogP contribution in [0, 0.1) is 5.92 Å². The summed E-state index contributed by atoms with van der Waals surface area (Å²) in [6, 6.07) is 0. The van der Waals surface area contributed by atoms with Gasteiger partial charge in [-0.05, 0) is 25.7 Å². The zero-order chi connectivity index (χ0) is 13.6. The molecular weight excluding hydrogens is 220 g/mol. The first-order chi connectivity index (χ1) is 8.76. The lowest BCUT2D eigenvalue weighted by atomic mass is 9.94. The van der Waals surface area contributed by atoms with Crippen molar-refractivity contribution in [3.05, 3.63) is 0 Å². The average Bonchev–Trinajstić information content (AvgIpc) is 2.36. The number of unbranched alkanes of at least 4 members (excludes halogenated alkanes) is 6. The highest BCUT2D eigenvalue weighted by molar-refractivity contribution is 4.66. The van der Waals surface area contributed by atoms with E-state index >= 15 is 0 Å². The Labute approximate surface area is 116 Å². The van der Waals surface area contributed by atoms with Crippen LogP contribution >= 0.6 is 0 Å². The molecule has 1 heteroatoms. The molecule has 0 saturated carbocycles. The molecule has 0 bridgehead atoms. The first-order valence-corrected chi connectivity index (χ1v) is 8.37. The lowest BCUT2D eigenvalue weighted by molar-refractivity contribution is 0.0150. The summed E-state index contributed by atoms with van der Waals surface area (Å²) in [5, 5.41) is 0. The van der Waals surface area contributed by atoms with E-state index < -0.39 is 0 Å². The van der Waals surface area contributed by atoms with E-state index in [9.17, 15) is 0 Å². The second-order valence-electron chi connectivity index (χ2n) is 5.67. The van der Waals surface area contributed by atoms with Crippen LogP contribution in [0.5, 0.6) is 0 Å². The SMILES string of the molecule is CCCCCCCCCC(OCC)C(C)CCC. The zero-order valence-electron chi connectivity index (χ0n) is 13.3. The van der Waals surface area contributed by atoms with Crippen LogP contribution in [0.25, 0.3) is 0 Å². The van der Waals surface area contributed by atoms with Crippen LogP contribution in [0.2, 0.25) is 0 Å². The van der Waals surface area contributed by atoms with Crippen LogP contribution in [0.1, 0.15) is 91.9 Å². The van der Waals surface area contributed by atoms with E-state index in [2.05, 4.69) is 27.7 Å². The predicted molar refractivity (Wildman–Crippen MR) is 82.1 cm³/mol. The molecule has 1 nitrogen and oxygen atoms in total. The Bertz CT molecular complexity index is 156. The van der Waals surface area contributed by atoms with Crippen molar-refractivity contribution in [1.82, 2.24) is 0 Å². The maximum atomic E-state index is 5.90.